The van der Waals surface area contributed by atoms with Crippen LogP contribution in [-0.4, -0.2) is 15.0 Å². The topological polar surface area (TPSA) is 47.9 Å². The van der Waals surface area contributed by atoms with Gasteiger partial charge in [0.05, 0.1) is 0 Å². The number of nitrogens with zero attached hydrogens (tertiary/aromatic N) is 3. The van der Waals surface area contributed by atoms with Crippen molar-refractivity contribution < 1.29 is 4.74 Å². The van der Waals surface area contributed by atoms with E-state index in [4.69, 9.17) is 4.74 Å². The minimum Gasteiger partial charge on any atom is -0.424 e. The van der Waals surface area contributed by atoms with E-state index in [-0.39, 0.29) is 0 Å². The second kappa shape index (κ2) is 5.71. The van der Waals surface area contributed by atoms with Crippen LogP contribution in [0.4, 0.5) is 0 Å². The van der Waals surface area contributed by atoms with Crippen molar-refractivity contribution >= 4 is 0 Å². The Bertz CT molecular complexity index is 737. The molecule has 0 unspecified atom stereocenters. The molecule has 0 N–H and O–H groups in total. The van der Waals surface area contributed by atoms with Gasteiger partial charge in [0, 0.05) is 35.4 Å². The highest BCUT2D eigenvalue weighted by Crippen LogP contribution is 2.21. The Balaban J connectivity index is 1.79. The average molecular weight is 277 g/mol. The Morgan fingerprint density at radius 3 is 2.24 bits per heavy atom. The van der Waals surface area contributed by atoms with E-state index in [1.54, 1.807) is 12.4 Å². The van der Waals surface area contributed by atoms with Crippen molar-refractivity contribution in [1.82, 2.24) is 15.0 Å². The molecule has 0 bridgehead atoms. The first-order chi connectivity index (χ1) is 10.2. The standard InChI is InChI=1S/C17H15N3O/c1-12-4-3-5-16(8-12)21-17-19-10-15(11-20-17)14-7-6-13(2)18-9-14/h3-11H,1-2H3. The smallest absolute Gasteiger partial charge is 0.321 e. The van der Waals surface area contributed by atoms with E-state index in [2.05, 4.69) is 15.0 Å². The zero-order valence-electron chi connectivity index (χ0n) is 11.9. The van der Waals surface area contributed by atoms with Crippen molar-refractivity contribution in [2.75, 3.05) is 0 Å². The van der Waals surface area contributed by atoms with Gasteiger partial charge in [-0.3, -0.25) is 4.98 Å². The van der Waals surface area contributed by atoms with E-state index in [1.165, 1.54) is 0 Å². The zero-order chi connectivity index (χ0) is 14.7. The summed E-state index contributed by atoms with van der Waals surface area (Å²) in [5.41, 5.74) is 4.02. The molecule has 4 nitrogen and oxygen atoms in total. The van der Waals surface area contributed by atoms with Crippen LogP contribution < -0.4 is 4.74 Å². The average Bonchev–Trinajstić information content (AvgIpc) is 2.49. The van der Waals surface area contributed by atoms with Crippen LogP contribution in [0.3, 0.4) is 0 Å². The van der Waals surface area contributed by atoms with Crippen LogP contribution in [0.1, 0.15) is 11.3 Å². The van der Waals surface area contributed by atoms with E-state index in [0.29, 0.717) is 6.01 Å². The number of benzene rings is 1. The summed E-state index contributed by atoms with van der Waals surface area (Å²) in [4.78, 5) is 12.8. The molecule has 0 fully saturated rings. The summed E-state index contributed by atoms with van der Waals surface area (Å²) in [6, 6.07) is 12.1. The largest absolute Gasteiger partial charge is 0.424 e. The van der Waals surface area contributed by atoms with E-state index in [1.807, 2.05) is 56.4 Å². The Morgan fingerprint density at radius 1 is 0.810 bits per heavy atom. The van der Waals surface area contributed by atoms with E-state index in [9.17, 15) is 0 Å². The third-order valence-corrected chi connectivity index (χ3v) is 3.07. The van der Waals surface area contributed by atoms with Crippen molar-refractivity contribution in [3.63, 3.8) is 0 Å². The highest BCUT2D eigenvalue weighted by molar-refractivity contribution is 5.60. The lowest BCUT2D eigenvalue weighted by Gasteiger charge is -2.05. The molecule has 3 aromatic rings. The fourth-order valence-electron chi connectivity index (χ4n) is 1.94. The normalized spacial score (nSPS) is 10.4. The number of aromatic nitrogens is 3. The van der Waals surface area contributed by atoms with Gasteiger partial charge in [-0.2, -0.15) is 0 Å². The molecule has 21 heavy (non-hydrogen) atoms. The highest BCUT2D eigenvalue weighted by atomic mass is 16.5. The molecule has 0 aliphatic heterocycles. The second-order valence-electron chi connectivity index (χ2n) is 4.86. The molecule has 0 amide bonds. The molecule has 0 aliphatic carbocycles. The summed E-state index contributed by atoms with van der Waals surface area (Å²) in [5.74, 6) is 0.736. The zero-order valence-corrected chi connectivity index (χ0v) is 11.9. The maximum Gasteiger partial charge on any atom is 0.321 e. The number of hydrogen-bond acceptors (Lipinski definition) is 4. The molecule has 0 aliphatic rings. The van der Waals surface area contributed by atoms with Gasteiger partial charge in [-0.15, -0.1) is 0 Å². The van der Waals surface area contributed by atoms with Gasteiger partial charge in [0.15, 0.2) is 0 Å². The highest BCUT2D eigenvalue weighted by Gasteiger charge is 2.03. The molecule has 0 spiro atoms. The quantitative estimate of drug-likeness (QED) is 0.727. The van der Waals surface area contributed by atoms with E-state index >= 15 is 0 Å². The minimum absolute atomic E-state index is 0.337. The van der Waals surface area contributed by atoms with Crippen LogP contribution in [0.25, 0.3) is 11.1 Å². The van der Waals surface area contributed by atoms with Crippen molar-refractivity contribution in [2.45, 2.75) is 13.8 Å². The third kappa shape index (κ3) is 3.23. The first kappa shape index (κ1) is 13.2. The van der Waals surface area contributed by atoms with E-state index in [0.717, 1.165) is 28.1 Å². The van der Waals surface area contributed by atoms with Crippen LogP contribution in [0.2, 0.25) is 0 Å². The molecule has 3 rings (SSSR count). The Kier molecular flexibility index (Phi) is 3.60. The number of pyridine rings is 1. The fourth-order valence-corrected chi connectivity index (χ4v) is 1.94. The van der Waals surface area contributed by atoms with Gasteiger partial charge >= 0.3 is 6.01 Å². The van der Waals surface area contributed by atoms with Gasteiger partial charge in [-0.25, -0.2) is 9.97 Å². The molecule has 0 atom stereocenters. The van der Waals surface area contributed by atoms with Crippen LogP contribution in [-0.2, 0) is 0 Å². The van der Waals surface area contributed by atoms with Crippen molar-refractivity contribution in [3.05, 3.63) is 66.2 Å². The van der Waals surface area contributed by atoms with Gasteiger partial charge in [-0.05, 0) is 37.6 Å². The molecule has 2 heterocycles. The number of rotatable bonds is 3. The third-order valence-electron chi connectivity index (χ3n) is 3.07. The number of ether oxygens (including phenoxy) is 1. The predicted octanol–water partition coefficient (Wildman–Crippen LogP) is 3.95. The maximum absolute atomic E-state index is 5.63. The Hall–Kier alpha value is -2.75. The van der Waals surface area contributed by atoms with Crippen molar-refractivity contribution in [1.29, 1.82) is 0 Å². The monoisotopic (exact) mass is 277 g/mol. The molecule has 2 aromatic heterocycles. The lowest BCUT2D eigenvalue weighted by atomic mass is 10.1. The predicted molar refractivity (Wildman–Crippen MR) is 81.3 cm³/mol. The summed E-state index contributed by atoms with van der Waals surface area (Å²) in [5, 5.41) is 0. The fraction of sp³-hybridized carbons (Fsp3) is 0.118. The molecular formula is C17H15N3O. The van der Waals surface area contributed by atoms with Gasteiger partial charge in [0.25, 0.3) is 0 Å². The molecule has 4 heteroatoms. The van der Waals surface area contributed by atoms with Crippen LogP contribution >= 0.6 is 0 Å². The van der Waals surface area contributed by atoms with Crippen LogP contribution in [0.5, 0.6) is 11.8 Å². The van der Waals surface area contributed by atoms with Crippen molar-refractivity contribution in [3.8, 4) is 22.9 Å². The molecule has 0 saturated heterocycles. The summed E-state index contributed by atoms with van der Waals surface area (Å²) in [6.45, 7) is 3.97. The van der Waals surface area contributed by atoms with E-state index < -0.39 is 0 Å². The van der Waals surface area contributed by atoms with Gasteiger partial charge in [0.1, 0.15) is 5.75 Å². The SMILES string of the molecule is Cc1cccc(Oc2ncc(-c3ccc(C)nc3)cn2)c1. The lowest BCUT2D eigenvalue weighted by Crippen LogP contribution is -1.92. The first-order valence-corrected chi connectivity index (χ1v) is 6.70. The summed E-state index contributed by atoms with van der Waals surface area (Å²) in [6.07, 6.45) is 5.30. The Morgan fingerprint density at radius 2 is 1.57 bits per heavy atom. The first-order valence-electron chi connectivity index (χ1n) is 6.70. The number of hydrogen-bond donors (Lipinski definition) is 0. The molecule has 104 valence electrons. The summed E-state index contributed by atoms with van der Waals surface area (Å²) >= 11 is 0. The number of aryl methyl sites for hydroxylation is 2. The van der Waals surface area contributed by atoms with Gasteiger partial charge in [-0.1, -0.05) is 18.2 Å². The summed E-state index contributed by atoms with van der Waals surface area (Å²) < 4.78 is 5.63. The van der Waals surface area contributed by atoms with Crippen LogP contribution in [0, 0.1) is 13.8 Å². The van der Waals surface area contributed by atoms with Crippen molar-refractivity contribution in [2.24, 2.45) is 0 Å². The molecular weight excluding hydrogens is 262 g/mol. The lowest BCUT2D eigenvalue weighted by molar-refractivity contribution is 0.441. The molecule has 0 radical (unpaired) electrons. The molecule has 0 saturated carbocycles. The Labute approximate surface area is 123 Å². The molecule has 1 aromatic carbocycles. The van der Waals surface area contributed by atoms with Gasteiger partial charge < -0.3 is 4.74 Å². The minimum atomic E-state index is 0.337. The maximum atomic E-state index is 5.63. The second-order valence-corrected chi connectivity index (χ2v) is 4.86. The van der Waals surface area contributed by atoms with Crippen LogP contribution in [0.15, 0.2) is 55.0 Å². The summed E-state index contributed by atoms with van der Waals surface area (Å²) in [7, 11) is 0. The van der Waals surface area contributed by atoms with Gasteiger partial charge in [0.2, 0.25) is 0 Å².